The summed E-state index contributed by atoms with van der Waals surface area (Å²) < 4.78 is 0. The Kier molecular flexibility index (Phi) is 3.62. The molecule has 108 valence electrons. The van der Waals surface area contributed by atoms with E-state index >= 15 is 0 Å². The number of benzene rings is 2. The molecule has 1 atom stereocenters. The first-order valence-corrected chi connectivity index (χ1v) is 7.10. The Morgan fingerprint density at radius 3 is 2.95 bits per heavy atom. The van der Waals surface area contributed by atoms with Crippen molar-refractivity contribution >= 4 is 11.6 Å². The van der Waals surface area contributed by atoms with Gasteiger partial charge in [0.25, 0.3) is 5.91 Å². The second kappa shape index (κ2) is 5.58. The third-order valence-corrected chi connectivity index (χ3v) is 3.79. The van der Waals surface area contributed by atoms with Gasteiger partial charge in [0, 0.05) is 24.3 Å². The molecule has 0 radical (unpaired) electrons. The highest BCUT2D eigenvalue weighted by Crippen LogP contribution is 2.23. The van der Waals surface area contributed by atoms with Gasteiger partial charge in [-0.25, -0.2) is 0 Å². The van der Waals surface area contributed by atoms with Crippen LogP contribution in [0.25, 0.3) is 0 Å². The van der Waals surface area contributed by atoms with Gasteiger partial charge in [0.15, 0.2) is 0 Å². The zero-order valence-corrected chi connectivity index (χ0v) is 12.0. The minimum absolute atomic E-state index is 0.0109. The highest BCUT2D eigenvalue weighted by molar-refractivity contribution is 5.95. The van der Waals surface area contributed by atoms with Crippen molar-refractivity contribution in [3.63, 3.8) is 0 Å². The molecule has 1 heterocycles. The van der Waals surface area contributed by atoms with Crippen LogP contribution in [0.3, 0.4) is 0 Å². The third kappa shape index (κ3) is 2.90. The van der Waals surface area contributed by atoms with E-state index in [1.807, 2.05) is 0 Å². The Bertz CT molecular complexity index is 681. The van der Waals surface area contributed by atoms with E-state index in [4.69, 9.17) is 5.73 Å². The summed E-state index contributed by atoms with van der Waals surface area (Å²) in [5.74, 6) is -0.0949. The van der Waals surface area contributed by atoms with Crippen molar-refractivity contribution in [3.8, 4) is 0 Å². The molecule has 4 heteroatoms. The molecule has 0 bridgehead atoms. The van der Waals surface area contributed by atoms with Crippen LogP contribution in [0.5, 0.6) is 0 Å². The minimum atomic E-state index is -0.0949. The second-order valence-corrected chi connectivity index (χ2v) is 5.48. The van der Waals surface area contributed by atoms with Crippen molar-refractivity contribution in [3.05, 3.63) is 64.7 Å². The summed E-state index contributed by atoms with van der Waals surface area (Å²) in [6, 6.07) is 13.4. The molecule has 0 spiro atoms. The molecule has 0 saturated heterocycles. The van der Waals surface area contributed by atoms with Crippen molar-refractivity contribution in [1.82, 2.24) is 10.6 Å². The zero-order chi connectivity index (χ0) is 14.8. The van der Waals surface area contributed by atoms with Gasteiger partial charge in [0.2, 0.25) is 0 Å². The van der Waals surface area contributed by atoms with Crippen LogP contribution in [0.2, 0.25) is 0 Å². The quantitative estimate of drug-likeness (QED) is 0.739. The van der Waals surface area contributed by atoms with Gasteiger partial charge in [-0.3, -0.25) is 4.79 Å². The number of rotatable bonds is 2. The summed E-state index contributed by atoms with van der Waals surface area (Å²) in [5.41, 5.74) is 10.6. The fourth-order valence-corrected chi connectivity index (χ4v) is 2.74. The largest absolute Gasteiger partial charge is 0.399 e. The van der Waals surface area contributed by atoms with Crippen LogP contribution < -0.4 is 16.4 Å². The van der Waals surface area contributed by atoms with E-state index in [-0.39, 0.29) is 11.9 Å². The van der Waals surface area contributed by atoms with Crippen LogP contribution in [0.15, 0.2) is 42.5 Å². The Labute approximate surface area is 124 Å². The fraction of sp³-hybridized carbons (Fsp3) is 0.235. The molecule has 1 aliphatic heterocycles. The standard InChI is InChI=1S/C17H19N3O/c1-11-5-6-15-13(7-11)9-19-10-16(15)20-17(21)12-3-2-4-14(18)8-12/h2-8,16,19H,9-10,18H2,1H3,(H,20,21). The molecule has 2 aromatic rings. The lowest BCUT2D eigenvalue weighted by Gasteiger charge is -2.27. The number of anilines is 1. The van der Waals surface area contributed by atoms with E-state index in [0.29, 0.717) is 11.3 Å². The average Bonchev–Trinajstić information content (AvgIpc) is 2.47. The van der Waals surface area contributed by atoms with Crippen LogP contribution >= 0.6 is 0 Å². The first-order chi connectivity index (χ1) is 10.1. The van der Waals surface area contributed by atoms with E-state index in [1.54, 1.807) is 24.3 Å². The molecule has 0 aromatic heterocycles. The predicted octanol–water partition coefficient (Wildman–Crippen LogP) is 2.15. The van der Waals surface area contributed by atoms with Crippen LogP contribution in [0.1, 0.15) is 33.1 Å². The van der Waals surface area contributed by atoms with Gasteiger partial charge in [-0.05, 0) is 36.2 Å². The highest BCUT2D eigenvalue weighted by Gasteiger charge is 2.22. The maximum atomic E-state index is 12.3. The Balaban J connectivity index is 1.82. The molecule has 0 aliphatic carbocycles. The summed E-state index contributed by atoms with van der Waals surface area (Å²) in [5, 5.41) is 6.43. The zero-order valence-electron chi connectivity index (χ0n) is 12.0. The lowest BCUT2D eigenvalue weighted by atomic mass is 9.95. The SMILES string of the molecule is Cc1ccc2c(c1)CNCC2NC(=O)c1cccc(N)c1. The van der Waals surface area contributed by atoms with Crippen LogP contribution in [-0.4, -0.2) is 12.5 Å². The molecule has 1 amide bonds. The van der Waals surface area contributed by atoms with Crippen molar-refractivity contribution in [2.45, 2.75) is 19.5 Å². The highest BCUT2D eigenvalue weighted by atomic mass is 16.1. The van der Waals surface area contributed by atoms with E-state index < -0.39 is 0 Å². The molecule has 0 saturated carbocycles. The van der Waals surface area contributed by atoms with Gasteiger partial charge in [0.1, 0.15) is 0 Å². The number of nitrogen functional groups attached to an aromatic ring is 1. The molecule has 1 unspecified atom stereocenters. The molecule has 0 fully saturated rings. The normalized spacial score (nSPS) is 17.1. The average molecular weight is 281 g/mol. The topological polar surface area (TPSA) is 67.1 Å². The van der Waals surface area contributed by atoms with Crippen LogP contribution in [-0.2, 0) is 6.54 Å². The van der Waals surface area contributed by atoms with Crippen molar-refractivity contribution < 1.29 is 4.79 Å². The first-order valence-electron chi connectivity index (χ1n) is 7.10. The monoisotopic (exact) mass is 281 g/mol. The number of aryl methyl sites for hydroxylation is 1. The number of amides is 1. The summed E-state index contributed by atoms with van der Waals surface area (Å²) in [6.45, 7) is 3.67. The second-order valence-electron chi connectivity index (χ2n) is 5.48. The van der Waals surface area contributed by atoms with Crippen LogP contribution in [0.4, 0.5) is 5.69 Å². The fourth-order valence-electron chi connectivity index (χ4n) is 2.74. The smallest absolute Gasteiger partial charge is 0.251 e. The van der Waals surface area contributed by atoms with E-state index in [9.17, 15) is 4.79 Å². The van der Waals surface area contributed by atoms with Gasteiger partial charge < -0.3 is 16.4 Å². The summed E-state index contributed by atoms with van der Waals surface area (Å²) >= 11 is 0. The van der Waals surface area contributed by atoms with Gasteiger partial charge in [-0.15, -0.1) is 0 Å². The number of hydrogen-bond donors (Lipinski definition) is 3. The van der Waals surface area contributed by atoms with Gasteiger partial charge in [-0.1, -0.05) is 29.8 Å². The lowest BCUT2D eigenvalue weighted by Crippen LogP contribution is -2.39. The number of carbonyl (C=O) groups excluding carboxylic acids is 1. The molecular formula is C17H19N3O. The van der Waals surface area contributed by atoms with Crippen LogP contribution in [0, 0.1) is 6.92 Å². The molecule has 4 nitrogen and oxygen atoms in total. The predicted molar refractivity (Wildman–Crippen MR) is 83.9 cm³/mol. The molecule has 4 N–H and O–H groups in total. The van der Waals surface area contributed by atoms with Crippen molar-refractivity contribution in [2.24, 2.45) is 0 Å². The molecule has 1 aliphatic rings. The number of nitrogens with two attached hydrogens (primary N) is 1. The lowest BCUT2D eigenvalue weighted by molar-refractivity contribution is 0.0934. The summed E-state index contributed by atoms with van der Waals surface area (Å²) in [6.07, 6.45) is 0. The maximum absolute atomic E-state index is 12.3. The molecule has 3 rings (SSSR count). The van der Waals surface area contributed by atoms with E-state index in [1.165, 1.54) is 16.7 Å². The summed E-state index contributed by atoms with van der Waals surface area (Å²) in [4.78, 5) is 12.3. The molecule has 2 aromatic carbocycles. The Morgan fingerprint density at radius 2 is 2.14 bits per heavy atom. The third-order valence-electron chi connectivity index (χ3n) is 3.79. The molecule has 21 heavy (non-hydrogen) atoms. The van der Waals surface area contributed by atoms with E-state index in [0.717, 1.165) is 13.1 Å². The Morgan fingerprint density at radius 1 is 1.29 bits per heavy atom. The number of carbonyl (C=O) groups is 1. The molecular weight excluding hydrogens is 262 g/mol. The van der Waals surface area contributed by atoms with E-state index in [2.05, 4.69) is 35.8 Å². The summed E-state index contributed by atoms with van der Waals surface area (Å²) in [7, 11) is 0. The number of nitrogens with one attached hydrogen (secondary N) is 2. The number of fused-ring (bicyclic) bond motifs is 1. The minimum Gasteiger partial charge on any atom is -0.399 e. The number of hydrogen-bond acceptors (Lipinski definition) is 3. The van der Waals surface area contributed by atoms with Gasteiger partial charge >= 0.3 is 0 Å². The maximum Gasteiger partial charge on any atom is 0.251 e. The van der Waals surface area contributed by atoms with Crippen molar-refractivity contribution in [1.29, 1.82) is 0 Å². The Hall–Kier alpha value is -2.33. The van der Waals surface area contributed by atoms with Crippen molar-refractivity contribution in [2.75, 3.05) is 12.3 Å². The van der Waals surface area contributed by atoms with Gasteiger partial charge in [-0.2, -0.15) is 0 Å². The van der Waals surface area contributed by atoms with Gasteiger partial charge in [0.05, 0.1) is 6.04 Å². The first kappa shape index (κ1) is 13.6.